The molecule has 1 saturated heterocycles. The monoisotopic (exact) mass is 273 g/mol. The summed E-state index contributed by atoms with van der Waals surface area (Å²) in [6.45, 7) is 1.65. The highest BCUT2D eigenvalue weighted by atomic mass is 16.5. The van der Waals surface area contributed by atoms with Gasteiger partial charge in [0.1, 0.15) is 5.82 Å². The molecule has 106 valence electrons. The van der Waals surface area contributed by atoms with Crippen molar-refractivity contribution >= 4 is 11.5 Å². The Labute approximate surface area is 117 Å². The van der Waals surface area contributed by atoms with Crippen molar-refractivity contribution in [1.82, 2.24) is 14.6 Å². The summed E-state index contributed by atoms with van der Waals surface area (Å²) in [6.07, 6.45) is 5.30. The van der Waals surface area contributed by atoms with Crippen molar-refractivity contribution in [3.8, 4) is 0 Å². The summed E-state index contributed by atoms with van der Waals surface area (Å²) in [7, 11) is 0. The van der Waals surface area contributed by atoms with Gasteiger partial charge in [-0.1, -0.05) is 0 Å². The van der Waals surface area contributed by atoms with Crippen LogP contribution in [-0.4, -0.2) is 27.8 Å². The first-order valence-electron chi connectivity index (χ1n) is 7.32. The number of nitrogens with one attached hydrogen (secondary N) is 1. The van der Waals surface area contributed by atoms with Crippen LogP contribution in [0.5, 0.6) is 0 Å². The summed E-state index contributed by atoms with van der Waals surface area (Å²) < 4.78 is 7.29. The van der Waals surface area contributed by atoms with E-state index in [2.05, 4.69) is 11.5 Å². The van der Waals surface area contributed by atoms with Gasteiger partial charge >= 0.3 is 0 Å². The van der Waals surface area contributed by atoms with Crippen molar-refractivity contribution < 1.29 is 4.74 Å². The molecular formula is C14H19N5O. The molecule has 0 spiro atoms. The third-order valence-corrected chi connectivity index (χ3v) is 4.42. The molecule has 3 N–H and O–H groups in total. The van der Waals surface area contributed by atoms with Crippen LogP contribution in [0.15, 0.2) is 6.07 Å². The molecule has 0 atom stereocenters. The van der Waals surface area contributed by atoms with Crippen LogP contribution >= 0.6 is 0 Å². The zero-order valence-electron chi connectivity index (χ0n) is 11.4. The third-order valence-electron chi connectivity index (χ3n) is 4.42. The van der Waals surface area contributed by atoms with Gasteiger partial charge < -0.3 is 10.2 Å². The molecule has 2 aliphatic rings. The zero-order valence-corrected chi connectivity index (χ0v) is 11.4. The number of anilines is 1. The van der Waals surface area contributed by atoms with Gasteiger partial charge in [0, 0.05) is 36.5 Å². The zero-order chi connectivity index (χ0) is 13.5. The number of aromatic nitrogens is 3. The lowest BCUT2D eigenvalue weighted by atomic mass is 9.97. The molecule has 1 aliphatic carbocycles. The van der Waals surface area contributed by atoms with Gasteiger partial charge in [-0.25, -0.2) is 10.8 Å². The third kappa shape index (κ3) is 1.79. The number of nitrogens with zero attached hydrogens (tertiary/aromatic N) is 3. The van der Waals surface area contributed by atoms with E-state index in [1.54, 1.807) is 0 Å². The number of hydrazine groups is 1. The highest BCUT2D eigenvalue weighted by molar-refractivity contribution is 5.57. The Morgan fingerprint density at radius 1 is 1.30 bits per heavy atom. The Kier molecular flexibility index (Phi) is 2.85. The lowest BCUT2D eigenvalue weighted by molar-refractivity contribution is 0.0844. The molecule has 0 amide bonds. The van der Waals surface area contributed by atoms with Gasteiger partial charge in [-0.05, 0) is 32.1 Å². The lowest BCUT2D eigenvalue weighted by Gasteiger charge is -2.19. The van der Waals surface area contributed by atoms with Gasteiger partial charge in [0.25, 0.3) is 0 Å². The SMILES string of the molecule is NNc1c2c(nc3cc(C4CCOCC4)nn13)CCC2. The van der Waals surface area contributed by atoms with Crippen LogP contribution in [-0.2, 0) is 17.6 Å². The Bertz CT molecular complexity index is 645. The Morgan fingerprint density at radius 3 is 2.95 bits per heavy atom. The lowest BCUT2D eigenvalue weighted by Crippen LogP contribution is -2.16. The molecule has 2 aromatic rings. The minimum Gasteiger partial charge on any atom is -0.381 e. The molecule has 1 fully saturated rings. The Morgan fingerprint density at radius 2 is 2.15 bits per heavy atom. The van der Waals surface area contributed by atoms with Crippen LogP contribution in [0.1, 0.15) is 42.1 Å². The van der Waals surface area contributed by atoms with Crippen molar-refractivity contribution in [3.63, 3.8) is 0 Å². The van der Waals surface area contributed by atoms with E-state index in [1.165, 1.54) is 11.3 Å². The standard InChI is InChI=1S/C14H19N5O/c15-17-14-10-2-1-3-11(10)16-13-8-12(18-19(13)14)9-4-6-20-7-5-9/h8-9,17H,1-7,15H2. The number of hydrogen-bond donors (Lipinski definition) is 2. The van der Waals surface area contributed by atoms with Crippen LogP contribution in [0, 0.1) is 0 Å². The smallest absolute Gasteiger partial charge is 0.157 e. The first-order chi connectivity index (χ1) is 9.86. The maximum Gasteiger partial charge on any atom is 0.157 e. The molecule has 1 aliphatic heterocycles. The van der Waals surface area contributed by atoms with E-state index in [9.17, 15) is 0 Å². The van der Waals surface area contributed by atoms with Crippen LogP contribution in [0.3, 0.4) is 0 Å². The average Bonchev–Trinajstić information content (AvgIpc) is 3.11. The molecule has 0 radical (unpaired) electrons. The average molecular weight is 273 g/mol. The fraction of sp³-hybridized carbons (Fsp3) is 0.571. The molecule has 4 rings (SSSR count). The van der Waals surface area contributed by atoms with Crippen molar-refractivity contribution in [3.05, 3.63) is 23.0 Å². The van der Waals surface area contributed by atoms with E-state index in [1.807, 2.05) is 4.52 Å². The highest BCUT2D eigenvalue weighted by Gasteiger charge is 2.23. The van der Waals surface area contributed by atoms with Gasteiger partial charge in [0.15, 0.2) is 5.65 Å². The maximum atomic E-state index is 5.72. The number of ether oxygens (including phenoxy) is 1. The molecule has 0 aromatic carbocycles. The predicted octanol–water partition coefficient (Wildman–Crippen LogP) is 1.40. The second-order valence-electron chi connectivity index (χ2n) is 5.61. The second kappa shape index (κ2) is 4.71. The molecule has 20 heavy (non-hydrogen) atoms. The maximum absolute atomic E-state index is 5.72. The van der Waals surface area contributed by atoms with E-state index >= 15 is 0 Å². The number of nitrogens with two attached hydrogens (primary N) is 1. The van der Waals surface area contributed by atoms with Crippen LogP contribution in [0.25, 0.3) is 5.65 Å². The number of aryl methyl sites for hydroxylation is 1. The largest absolute Gasteiger partial charge is 0.381 e. The number of rotatable bonds is 2. The van der Waals surface area contributed by atoms with Crippen LogP contribution < -0.4 is 11.3 Å². The van der Waals surface area contributed by atoms with E-state index < -0.39 is 0 Å². The molecular weight excluding hydrogens is 254 g/mol. The minimum absolute atomic E-state index is 0.478. The molecule has 6 nitrogen and oxygen atoms in total. The van der Waals surface area contributed by atoms with E-state index in [-0.39, 0.29) is 0 Å². The van der Waals surface area contributed by atoms with Gasteiger partial charge in [-0.2, -0.15) is 9.61 Å². The fourth-order valence-corrected chi connectivity index (χ4v) is 3.35. The van der Waals surface area contributed by atoms with Crippen molar-refractivity contribution in [2.75, 3.05) is 18.6 Å². The van der Waals surface area contributed by atoms with Crippen molar-refractivity contribution in [2.24, 2.45) is 5.84 Å². The summed E-state index contributed by atoms with van der Waals surface area (Å²) in [6, 6.07) is 2.11. The Hall–Kier alpha value is -1.66. The van der Waals surface area contributed by atoms with Crippen LogP contribution in [0.2, 0.25) is 0 Å². The highest BCUT2D eigenvalue weighted by Crippen LogP contribution is 2.31. The predicted molar refractivity (Wildman–Crippen MR) is 75.6 cm³/mol. The normalized spacial score (nSPS) is 19.4. The summed E-state index contributed by atoms with van der Waals surface area (Å²) in [4.78, 5) is 4.75. The van der Waals surface area contributed by atoms with Gasteiger partial charge in [-0.3, -0.25) is 0 Å². The molecule has 0 unspecified atom stereocenters. The van der Waals surface area contributed by atoms with E-state index in [0.29, 0.717) is 5.92 Å². The quantitative estimate of drug-likeness (QED) is 0.639. The summed E-state index contributed by atoms with van der Waals surface area (Å²) in [5.74, 6) is 7.10. The first-order valence-corrected chi connectivity index (χ1v) is 7.32. The second-order valence-corrected chi connectivity index (χ2v) is 5.61. The number of fused-ring (bicyclic) bond motifs is 2. The molecule has 6 heteroatoms. The fourth-order valence-electron chi connectivity index (χ4n) is 3.35. The van der Waals surface area contributed by atoms with Gasteiger partial charge in [0.2, 0.25) is 0 Å². The number of hydrogen-bond acceptors (Lipinski definition) is 5. The summed E-state index contributed by atoms with van der Waals surface area (Å²) in [5.41, 5.74) is 7.23. The minimum atomic E-state index is 0.478. The van der Waals surface area contributed by atoms with Crippen molar-refractivity contribution in [1.29, 1.82) is 0 Å². The number of nitrogen functional groups attached to an aromatic ring is 1. The van der Waals surface area contributed by atoms with Crippen molar-refractivity contribution in [2.45, 2.75) is 38.0 Å². The van der Waals surface area contributed by atoms with Gasteiger partial charge in [0.05, 0.1) is 5.69 Å². The summed E-state index contributed by atoms with van der Waals surface area (Å²) >= 11 is 0. The molecule has 2 aromatic heterocycles. The summed E-state index contributed by atoms with van der Waals surface area (Å²) in [5, 5.41) is 4.74. The van der Waals surface area contributed by atoms with E-state index in [0.717, 1.165) is 62.5 Å². The Balaban J connectivity index is 1.82. The van der Waals surface area contributed by atoms with E-state index in [4.69, 9.17) is 20.7 Å². The topological polar surface area (TPSA) is 77.5 Å². The van der Waals surface area contributed by atoms with Crippen LogP contribution in [0.4, 0.5) is 5.82 Å². The molecule has 3 heterocycles. The van der Waals surface area contributed by atoms with Gasteiger partial charge in [-0.15, -0.1) is 0 Å². The first kappa shape index (κ1) is 12.1. The molecule has 0 bridgehead atoms. The molecule has 0 saturated carbocycles.